The lowest BCUT2D eigenvalue weighted by molar-refractivity contribution is 0.0695. The number of H-pyrrole nitrogens is 1. The second-order valence-electron chi connectivity index (χ2n) is 3.15. The van der Waals surface area contributed by atoms with Gasteiger partial charge in [-0.25, -0.2) is 4.79 Å². The summed E-state index contributed by atoms with van der Waals surface area (Å²) in [6, 6.07) is 0. The summed E-state index contributed by atoms with van der Waals surface area (Å²) in [5.41, 5.74) is 1.08. The van der Waals surface area contributed by atoms with Gasteiger partial charge in [-0.3, -0.25) is 4.79 Å². The Labute approximate surface area is 74.2 Å². The van der Waals surface area contributed by atoms with Gasteiger partial charge in [-0.15, -0.1) is 0 Å². The first kappa shape index (κ1) is 8.04. The molecule has 0 fully saturated rings. The van der Waals surface area contributed by atoms with Crippen LogP contribution in [0, 0.1) is 0 Å². The third-order valence-electron chi connectivity index (χ3n) is 2.36. The lowest BCUT2D eigenvalue weighted by Gasteiger charge is -1.99. The summed E-state index contributed by atoms with van der Waals surface area (Å²) >= 11 is 0. The number of pyridine rings is 1. The quantitative estimate of drug-likeness (QED) is 0.661. The number of aromatic amines is 1. The van der Waals surface area contributed by atoms with Gasteiger partial charge in [0.2, 0.25) is 0 Å². The number of fused-ring (bicyclic) bond motifs is 1. The van der Waals surface area contributed by atoms with Gasteiger partial charge in [-0.1, -0.05) is 0 Å². The van der Waals surface area contributed by atoms with Crippen molar-refractivity contribution in [3.8, 4) is 0 Å². The molecule has 0 spiro atoms. The number of carboxylic acid groups (broad SMARTS) is 1. The largest absolute Gasteiger partial charge is 0.477 e. The van der Waals surface area contributed by atoms with Gasteiger partial charge in [0.05, 0.1) is 0 Å². The standard InChI is InChI=1S/C9H9NO3/c11-8-5-2-1-3-7(5)10-4-6(8)9(12)13/h4H,1-3H2,(H,10,11)(H,12,13). The molecule has 0 atom stereocenters. The average Bonchev–Trinajstić information content (AvgIpc) is 2.52. The summed E-state index contributed by atoms with van der Waals surface area (Å²) in [6.45, 7) is 0. The molecule has 1 aliphatic rings. The minimum atomic E-state index is -1.16. The molecule has 1 aromatic rings. The first-order valence-electron chi connectivity index (χ1n) is 4.17. The molecule has 0 saturated heterocycles. The topological polar surface area (TPSA) is 70.2 Å². The predicted octanol–water partition coefficient (Wildman–Crippen LogP) is 0.562. The van der Waals surface area contributed by atoms with Crippen LogP contribution < -0.4 is 5.43 Å². The zero-order valence-electron chi connectivity index (χ0n) is 6.96. The molecule has 1 aromatic heterocycles. The lowest BCUT2D eigenvalue weighted by atomic mass is 10.1. The van der Waals surface area contributed by atoms with E-state index in [-0.39, 0.29) is 11.0 Å². The molecular weight excluding hydrogens is 170 g/mol. The van der Waals surface area contributed by atoms with Crippen molar-refractivity contribution in [1.29, 1.82) is 0 Å². The maximum absolute atomic E-state index is 11.5. The van der Waals surface area contributed by atoms with E-state index >= 15 is 0 Å². The number of rotatable bonds is 1. The number of aryl methyl sites for hydroxylation is 1. The minimum Gasteiger partial charge on any atom is -0.477 e. The van der Waals surface area contributed by atoms with Crippen molar-refractivity contribution in [2.24, 2.45) is 0 Å². The number of carbonyl (C=O) groups is 1. The fourth-order valence-corrected chi connectivity index (χ4v) is 1.70. The minimum absolute atomic E-state index is 0.152. The van der Waals surface area contributed by atoms with E-state index in [1.807, 2.05) is 0 Å². The molecule has 1 heterocycles. The molecule has 0 unspecified atom stereocenters. The SMILES string of the molecule is O=C(O)c1c[nH]c2c(c1=O)CCC2. The monoisotopic (exact) mass is 179 g/mol. The highest BCUT2D eigenvalue weighted by Crippen LogP contribution is 2.15. The Kier molecular flexibility index (Phi) is 1.69. The number of aromatic carboxylic acids is 1. The third kappa shape index (κ3) is 1.14. The van der Waals surface area contributed by atoms with E-state index in [2.05, 4.69) is 4.98 Å². The van der Waals surface area contributed by atoms with Crippen LogP contribution in [0.15, 0.2) is 11.0 Å². The molecular formula is C9H9NO3. The molecule has 0 aromatic carbocycles. The van der Waals surface area contributed by atoms with Crippen molar-refractivity contribution in [1.82, 2.24) is 4.98 Å². The van der Waals surface area contributed by atoms with Crippen LogP contribution in [-0.2, 0) is 12.8 Å². The van der Waals surface area contributed by atoms with Gasteiger partial charge in [0.15, 0.2) is 5.43 Å². The van der Waals surface area contributed by atoms with Gasteiger partial charge in [0, 0.05) is 17.5 Å². The van der Waals surface area contributed by atoms with Gasteiger partial charge in [0.25, 0.3) is 0 Å². The molecule has 0 radical (unpaired) electrons. The Morgan fingerprint density at radius 2 is 2.23 bits per heavy atom. The summed E-state index contributed by atoms with van der Waals surface area (Å²) in [4.78, 5) is 25.0. The van der Waals surface area contributed by atoms with Crippen LogP contribution in [0.4, 0.5) is 0 Å². The lowest BCUT2D eigenvalue weighted by Crippen LogP contribution is -2.19. The van der Waals surface area contributed by atoms with Crippen molar-refractivity contribution in [2.75, 3.05) is 0 Å². The molecule has 0 amide bonds. The molecule has 2 rings (SSSR count). The molecule has 0 saturated carbocycles. The molecule has 68 valence electrons. The van der Waals surface area contributed by atoms with E-state index in [0.717, 1.165) is 18.5 Å². The molecule has 0 bridgehead atoms. The van der Waals surface area contributed by atoms with Crippen molar-refractivity contribution in [2.45, 2.75) is 19.3 Å². The summed E-state index contributed by atoms with van der Waals surface area (Å²) in [5.74, 6) is -1.16. The summed E-state index contributed by atoms with van der Waals surface area (Å²) in [6.07, 6.45) is 3.77. The summed E-state index contributed by atoms with van der Waals surface area (Å²) in [5, 5.41) is 8.68. The van der Waals surface area contributed by atoms with Crippen LogP contribution in [0.25, 0.3) is 0 Å². The van der Waals surface area contributed by atoms with Crippen LogP contribution in [0.5, 0.6) is 0 Å². The second kappa shape index (κ2) is 2.73. The first-order chi connectivity index (χ1) is 6.20. The Balaban J connectivity index is 2.66. The van der Waals surface area contributed by atoms with Crippen molar-refractivity contribution in [3.63, 3.8) is 0 Å². The van der Waals surface area contributed by atoms with Gasteiger partial charge in [-0.2, -0.15) is 0 Å². The van der Waals surface area contributed by atoms with Crippen molar-refractivity contribution < 1.29 is 9.90 Å². The maximum Gasteiger partial charge on any atom is 0.341 e. The smallest absolute Gasteiger partial charge is 0.341 e. The predicted molar refractivity (Wildman–Crippen MR) is 46.0 cm³/mol. The van der Waals surface area contributed by atoms with Crippen LogP contribution in [0.3, 0.4) is 0 Å². The van der Waals surface area contributed by atoms with Crippen LogP contribution >= 0.6 is 0 Å². The summed E-state index contributed by atoms with van der Waals surface area (Å²) in [7, 11) is 0. The Morgan fingerprint density at radius 1 is 1.46 bits per heavy atom. The zero-order valence-corrected chi connectivity index (χ0v) is 6.96. The van der Waals surface area contributed by atoms with Crippen LogP contribution in [0.1, 0.15) is 28.0 Å². The molecule has 4 heteroatoms. The fraction of sp³-hybridized carbons (Fsp3) is 0.333. The number of hydrogen-bond acceptors (Lipinski definition) is 2. The Hall–Kier alpha value is -1.58. The highest BCUT2D eigenvalue weighted by Gasteiger charge is 2.19. The van der Waals surface area contributed by atoms with Crippen LogP contribution in [0.2, 0.25) is 0 Å². The average molecular weight is 179 g/mol. The Bertz CT molecular complexity index is 419. The Morgan fingerprint density at radius 3 is 2.92 bits per heavy atom. The number of aromatic nitrogens is 1. The van der Waals surface area contributed by atoms with Crippen molar-refractivity contribution in [3.05, 3.63) is 33.2 Å². The summed E-state index contributed by atoms with van der Waals surface area (Å²) < 4.78 is 0. The maximum atomic E-state index is 11.5. The van der Waals surface area contributed by atoms with E-state index in [4.69, 9.17) is 5.11 Å². The van der Waals surface area contributed by atoms with E-state index < -0.39 is 5.97 Å². The van der Waals surface area contributed by atoms with E-state index in [0.29, 0.717) is 12.0 Å². The van der Waals surface area contributed by atoms with E-state index in [1.54, 1.807) is 0 Å². The molecule has 2 N–H and O–H groups in total. The fourth-order valence-electron chi connectivity index (χ4n) is 1.70. The third-order valence-corrected chi connectivity index (χ3v) is 2.36. The van der Waals surface area contributed by atoms with E-state index in [9.17, 15) is 9.59 Å². The zero-order chi connectivity index (χ0) is 9.42. The second-order valence-corrected chi connectivity index (χ2v) is 3.15. The van der Waals surface area contributed by atoms with Crippen molar-refractivity contribution >= 4 is 5.97 Å². The molecule has 0 aliphatic heterocycles. The number of hydrogen-bond donors (Lipinski definition) is 2. The molecule has 13 heavy (non-hydrogen) atoms. The molecule has 1 aliphatic carbocycles. The normalized spacial score (nSPS) is 14.2. The number of nitrogens with one attached hydrogen (secondary N) is 1. The highest BCUT2D eigenvalue weighted by atomic mass is 16.4. The van der Waals surface area contributed by atoms with Gasteiger partial charge < -0.3 is 10.1 Å². The van der Waals surface area contributed by atoms with Gasteiger partial charge >= 0.3 is 5.97 Å². The van der Waals surface area contributed by atoms with E-state index in [1.165, 1.54) is 6.20 Å². The number of carboxylic acids is 1. The van der Waals surface area contributed by atoms with Gasteiger partial charge in [0.1, 0.15) is 5.56 Å². The molecule has 4 nitrogen and oxygen atoms in total. The van der Waals surface area contributed by atoms with Crippen LogP contribution in [-0.4, -0.2) is 16.1 Å². The first-order valence-corrected chi connectivity index (χ1v) is 4.17. The van der Waals surface area contributed by atoms with Gasteiger partial charge in [-0.05, 0) is 19.3 Å². The highest BCUT2D eigenvalue weighted by molar-refractivity contribution is 5.87.